The summed E-state index contributed by atoms with van der Waals surface area (Å²) in [5.74, 6) is -3.13. The van der Waals surface area contributed by atoms with Gasteiger partial charge in [0.05, 0.1) is 12.6 Å². The Morgan fingerprint density at radius 3 is 2.27 bits per heavy atom. The van der Waals surface area contributed by atoms with Crippen molar-refractivity contribution in [2.45, 2.75) is 49.9 Å². The van der Waals surface area contributed by atoms with E-state index in [4.69, 9.17) is 11.5 Å². The third-order valence-electron chi connectivity index (χ3n) is 6.29. The van der Waals surface area contributed by atoms with Gasteiger partial charge < -0.3 is 37.8 Å². The molecule has 0 spiro atoms. The first-order chi connectivity index (χ1) is 19.1. The van der Waals surface area contributed by atoms with Crippen LogP contribution in [0.3, 0.4) is 0 Å². The normalized spacial score (nSPS) is 21.2. The molecule has 0 radical (unpaired) electrons. The zero-order valence-corrected chi connectivity index (χ0v) is 21.8. The molecule has 0 saturated carbocycles. The summed E-state index contributed by atoms with van der Waals surface area (Å²) in [6.45, 7) is -0.452. The summed E-state index contributed by atoms with van der Waals surface area (Å²) in [6, 6.07) is 11.1. The van der Waals surface area contributed by atoms with Crippen LogP contribution in [0.4, 0.5) is 0 Å². The van der Waals surface area contributed by atoms with Gasteiger partial charge in [0.25, 0.3) is 0 Å². The largest absolute Gasteiger partial charge is 0.508 e. The number of amides is 5. The Labute approximate surface area is 231 Å². The lowest BCUT2D eigenvalue weighted by Gasteiger charge is -2.23. The van der Waals surface area contributed by atoms with Crippen LogP contribution in [0, 0.1) is 0 Å². The minimum absolute atomic E-state index is 0.0290. The van der Waals surface area contributed by atoms with Crippen LogP contribution in [0.25, 0.3) is 0 Å². The Balaban J connectivity index is 1.73. The van der Waals surface area contributed by atoms with Crippen LogP contribution in [-0.4, -0.2) is 65.4 Å². The highest BCUT2D eigenvalue weighted by Crippen LogP contribution is 2.11. The lowest BCUT2D eigenvalue weighted by Crippen LogP contribution is -2.56. The molecule has 2 aromatic rings. The summed E-state index contributed by atoms with van der Waals surface area (Å²) < 4.78 is 0. The van der Waals surface area contributed by atoms with Crippen LogP contribution >= 0.6 is 0 Å². The van der Waals surface area contributed by atoms with E-state index in [9.17, 15) is 29.1 Å². The summed E-state index contributed by atoms with van der Waals surface area (Å²) in [5.41, 5.74) is 13.0. The number of phenols is 1. The van der Waals surface area contributed by atoms with Crippen molar-refractivity contribution in [2.75, 3.05) is 6.54 Å². The topological polar surface area (TPSA) is 206 Å². The first-order valence-electron chi connectivity index (χ1n) is 12.8. The summed E-state index contributed by atoms with van der Waals surface area (Å²) >= 11 is 0. The Hall–Kier alpha value is -4.71. The number of carbonyl (C=O) groups excluding carboxylic acids is 5. The number of rotatable bonds is 7. The Morgan fingerprint density at radius 1 is 0.925 bits per heavy atom. The molecular formula is C28H34N6O6. The molecule has 0 aromatic heterocycles. The Morgan fingerprint density at radius 2 is 1.60 bits per heavy atom. The number of benzene rings is 2. The van der Waals surface area contributed by atoms with Crippen molar-refractivity contribution < 1.29 is 29.1 Å². The molecule has 1 aliphatic heterocycles. The molecule has 12 nitrogen and oxygen atoms in total. The molecule has 0 saturated heterocycles. The van der Waals surface area contributed by atoms with Gasteiger partial charge in [-0.1, -0.05) is 54.6 Å². The zero-order chi connectivity index (χ0) is 29.1. The van der Waals surface area contributed by atoms with Gasteiger partial charge in [0.1, 0.15) is 23.9 Å². The molecule has 2 aromatic carbocycles. The Bertz CT molecular complexity index is 1230. The SMILES string of the molecule is NC(=O)C1CC=CCC(NC(=O)C(N)Cc2ccc(O)cc2)C(=O)NCC(=O)NC(Cc2ccccc2)C(=O)N1. The van der Waals surface area contributed by atoms with Gasteiger partial charge >= 0.3 is 0 Å². The molecule has 0 bridgehead atoms. The highest BCUT2D eigenvalue weighted by Gasteiger charge is 2.28. The molecule has 40 heavy (non-hydrogen) atoms. The van der Waals surface area contributed by atoms with E-state index in [0.717, 1.165) is 11.1 Å². The second-order valence-electron chi connectivity index (χ2n) is 9.47. The number of carbonyl (C=O) groups is 5. The molecule has 1 aliphatic rings. The quantitative estimate of drug-likeness (QED) is 0.212. The summed E-state index contributed by atoms with van der Waals surface area (Å²) in [5, 5.41) is 19.7. The van der Waals surface area contributed by atoms with Crippen molar-refractivity contribution in [3.8, 4) is 5.75 Å². The van der Waals surface area contributed by atoms with Gasteiger partial charge in [0, 0.05) is 6.42 Å². The van der Waals surface area contributed by atoms with Crippen LogP contribution in [-0.2, 0) is 36.8 Å². The van der Waals surface area contributed by atoms with Crippen molar-refractivity contribution in [3.63, 3.8) is 0 Å². The molecule has 0 fully saturated rings. The molecule has 1 heterocycles. The lowest BCUT2D eigenvalue weighted by atomic mass is 10.0. The fourth-order valence-electron chi connectivity index (χ4n) is 4.07. The average Bonchev–Trinajstić information content (AvgIpc) is 2.93. The summed E-state index contributed by atoms with van der Waals surface area (Å²) in [7, 11) is 0. The predicted octanol–water partition coefficient (Wildman–Crippen LogP) is -1.09. The van der Waals surface area contributed by atoms with Gasteiger partial charge in [-0.3, -0.25) is 24.0 Å². The van der Waals surface area contributed by atoms with Crippen molar-refractivity contribution >= 4 is 29.5 Å². The van der Waals surface area contributed by atoms with E-state index < -0.39 is 60.2 Å². The maximum atomic E-state index is 13.0. The minimum atomic E-state index is -1.06. The van der Waals surface area contributed by atoms with Gasteiger partial charge in [-0.05, 0) is 42.5 Å². The predicted molar refractivity (Wildman–Crippen MR) is 146 cm³/mol. The van der Waals surface area contributed by atoms with E-state index in [1.165, 1.54) is 12.1 Å². The molecular weight excluding hydrogens is 516 g/mol. The first-order valence-corrected chi connectivity index (χ1v) is 12.8. The molecule has 0 aliphatic carbocycles. The van der Waals surface area contributed by atoms with E-state index in [1.54, 1.807) is 48.6 Å². The standard InChI is InChI=1S/C28H34N6O6/c29-20(14-18-10-12-19(35)13-11-18)26(38)34-22-9-5-4-8-21(25(30)37)33-28(40)23(15-17-6-2-1-3-7-17)32-24(36)16-31-27(22)39/h1-7,10-13,20-23,35H,8-9,14-16,29H2,(H2,30,37)(H,31,39)(H,32,36)(H,33,40)(H,34,38). The number of nitrogens with two attached hydrogens (primary N) is 2. The van der Waals surface area contributed by atoms with E-state index in [2.05, 4.69) is 21.3 Å². The van der Waals surface area contributed by atoms with Crippen molar-refractivity contribution in [2.24, 2.45) is 11.5 Å². The van der Waals surface area contributed by atoms with Crippen LogP contribution in [0.1, 0.15) is 24.0 Å². The molecule has 5 amide bonds. The number of primary amides is 1. The fourth-order valence-corrected chi connectivity index (χ4v) is 4.07. The van der Waals surface area contributed by atoms with Gasteiger partial charge in [-0.2, -0.15) is 0 Å². The smallest absolute Gasteiger partial charge is 0.243 e. The van der Waals surface area contributed by atoms with E-state index in [-0.39, 0.29) is 31.4 Å². The third-order valence-corrected chi connectivity index (χ3v) is 6.29. The molecule has 9 N–H and O–H groups in total. The highest BCUT2D eigenvalue weighted by molar-refractivity contribution is 5.94. The monoisotopic (exact) mass is 550 g/mol. The number of hydrogen-bond donors (Lipinski definition) is 7. The molecule has 12 heteroatoms. The number of aromatic hydroxyl groups is 1. The highest BCUT2D eigenvalue weighted by atomic mass is 16.3. The molecule has 3 rings (SSSR count). The lowest BCUT2D eigenvalue weighted by molar-refractivity contribution is -0.132. The maximum Gasteiger partial charge on any atom is 0.243 e. The molecule has 4 unspecified atom stereocenters. The summed E-state index contributed by atoms with van der Waals surface area (Å²) in [6.07, 6.45) is 3.53. The second kappa shape index (κ2) is 14.4. The Kier molecular flexibility index (Phi) is 10.8. The second-order valence-corrected chi connectivity index (χ2v) is 9.47. The number of hydrogen-bond acceptors (Lipinski definition) is 7. The van der Waals surface area contributed by atoms with Crippen molar-refractivity contribution in [1.82, 2.24) is 21.3 Å². The van der Waals surface area contributed by atoms with Crippen LogP contribution < -0.4 is 32.7 Å². The number of phenolic OH excluding ortho intramolecular Hbond substituents is 1. The van der Waals surface area contributed by atoms with Gasteiger partial charge in [0.2, 0.25) is 29.5 Å². The van der Waals surface area contributed by atoms with Crippen LogP contribution in [0.2, 0.25) is 0 Å². The summed E-state index contributed by atoms with van der Waals surface area (Å²) in [4.78, 5) is 63.4. The molecule has 4 atom stereocenters. The fraction of sp³-hybridized carbons (Fsp3) is 0.321. The van der Waals surface area contributed by atoms with E-state index in [0.29, 0.717) is 0 Å². The van der Waals surface area contributed by atoms with Crippen molar-refractivity contribution in [3.05, 3.63) is 77.9 Å². The maximum absolute atomic E-state index is 13.0. The van der Waals surface area contributed by atoms with Crippen LogP contribution in [0.5, 0.6) is 5.75 Å². The van der Waals surface area contributed by atoms with Gasteiger partial charge in [0.15, 0.2) is 0 Å². The number of nitrogens with one attached hydrogen (secondary N) is 4. The van der Waals surface area contributed by atoms with E-state index in [1.807, 2.05) is 6.07 Å². The van der Waals surface area contributed by atoms with Crippen molar-refractivity contribution in [1.29, 1.82) is 0 Å². The average molecular weight is 551 g/mol. The molecule has 212 valence electrons. The van der Waals surface area contributed by atoms with Crippen LogP contribution in [0.15, 0.2) is 66.7 Å². The van der Waals surface area contributed by atoms with Gasteiger partial charge in [-0.25, -0.2) is 0 Å². The third kappa shape index (κ3) is 9.24. The minimum Gasteiger partial charge on any atom is -0.508 e. The first kappa shape index (κ1) is 29.8. The van der Waals surface area contributed by atoms with E-state index >= 15 is 0 Å². The van der Waals surface area contributed by atoms with Gasteiger partial charge in [-0.15, -0.1) is 0 Å². The zero-order valence-electron chi connectivity index (χ0n) is 21.8.